The van der Waals surface area contributed by atoms with Crippen LogP contribution in [0.2, 0.25) is 0 Å². The monoisotopic (exact) mass is 290 g/mol. The van der Waals surface area contributed by atoms with Crippen molar-refractivity contribution in [3.05, 3.63) is 35.6 Å². The molecule has 0 unspecified atom stereocenters. The maximum absolute atomic E-state index is 13.7. The predicted molar refractivity (Wildman–Crippen MR) is 80.1 cm³/mol. The van der Waals surface area contributed by atoms with E-state index in [0.29, 0.717) is 12.5 Å². The molecule has 4 heteroatoms. The van der Waals surface area contributed by atoms with Gasteiger partial charge in [0.05, 0.1) is 5.92 Å². The van der Waals surface area contributed by atoms with Gasteiger partial charge in [-0.3, -0.25) is 9.69 Å². The molecule has 2 aliphatic rings. The van der Waals surface area contributed by atoms with Crippen molar-refractivity contribution >= 4 is 5.91 Å². The van der Waals surface area contributed by atoms with E-state index in [1.165, 1.54) is 18.9 Å². The van der Waals surface area contributed by atoms with Gasteiger partial charge in [-0.25, -0.2) is 4.39 Å². The van der Waals surface area contributed by atoms with E-state index in [1.54, 1.807) is 6.07 Å². The van der Waals surface area contributed by atoms with Crippen LogP contribution >= 0.6 is 0 Å². The number of hydrogen-bond donors (Lipinski definition) is 1. The molecule has 21 heavy (non-hydrogen) atoms. The Hall–Kier alpha value is -1.42. The lowest BCUT2D eigenvalue weighted by Crippen LogP contribution is -2.43. The third-order valence-corrected chi connectivity index (χ3v) is 4.49. The minimum Gasteiger partial charge on any atom is -0.356 e. The summed E-state index contributed by atoms with van der Waals surface area (Å²) in [5.41, 5.74) is 0.719. The van der Waals surface area contributed by atoms with Crippen molar-refractivity contribution in [2.45, 2.75) is 32.2 Å². The molecule has 0 aromatic heterocycles. The average molecular weight is 290 g/mol. The number of hydrogen-bond acceptors (Lipinski definition) is 2. The lowest BCUT2D eigenvalue weighted by molar-refractivity contribution is -0.126. The zero-order valence-corrected chi connectivity index (χ0v) is 12.4. The fourth-order valence-electron chi connectivity index (χ4n) is 2.99. The van der Waals surface area contributed by atoms with Crippen LogP contribution in [0.4, 0.5) is 4.39 Å². The minimum absolute atomic E-state index is 0.0595. The van der Waals surface area contributed by atoms with Crippen molar-refractivity contribution in [1.29, 1.82) is 0 Å². The fraction of sp³-hybridized carbons (Fsp3) is 0.588. The van der Waals surface area contributed by atoms with Gasteiger partial charge in [0, 0.05) is 25.2 Å². The zero-order chi connectivity index (χ0) is 14.7. The lowest BCUT2D eigenvalue weighted by Gasteiger charge is -2.32. The Labute approximate surface area is 125 Å². The van der Waals surface area contributed by atoms with Crippen molar-refractivity contribution in [3.8, 4) is 0 Å². The Morgan fingerprint density at radius 3 is 2.86 bits per heavy atom. The molecule has 1 aliphatic carbocycles. The molecule has 1 saturated heterocycles. The van der Waals surface area contributed by atoms with Crippen LogP contribution in [0.5, 0.6) is 0 Å². The van der Waals surface area contributed by atoms with E-state index in [4.69, 9.17) is 0 Å². The van der Waals surface area contributed by atoms with Crippen molar-refractivity contribution in [3.63, 3.8) is 0 Å². The number of nitrogens with one attached hydrogen (secondary N) is 1. The fourth-order valence-corrected chi connectivity index (χ4v) is 2.99. The second kappa shape index (κ2) is 6.56. The van der Waals surface area contributed by atoms with Crippen LogP contribution in [-0.2, 0) is 11.3 Å². The Morgan fingerprint density at radius 1 is 1.29 bits per heavy atom. The molecule has 2 fully saturated rings. The van der Waals surface area contributed by atoms with Crippen LogP contribution in [0.15, 0.2) is 24.3 Å². The summed E-state index contributed by atoms with van der Waals surface area (Å²) in [6, 6.07) is 6.90. The van der Waals surface area contributed by atoms with E-state index >= 15 is 0 Å². The highest BCUT2D eigenvalue weighted by Gasteiger charge is 2.28. The summed E-state index contributed by atoms with van der Waals surface area (Å²) < 4.78 is 13.7. The highest BCUT2D eigenvalue weighted by Crippen LogP contribution is 2.28. The van der Waals surface area contributed by atoms with Gasteiger partial charge in [-0.1, -0.05) is 18.2 Å². The first kappa shape index (κ1) is 14.5. The van der Waals surface area contributed by atoms with E-state index in [2.05, 4.69) is 10.2 Å². The van der Waals surface area contributed by atoms with E-state index in [-0.39, 0.29) is 17.6 Å². The number of likely N-dealkylation sites (tertiary alicyclic amines) is 1. The molecule has 0 radical (unpaired) electrons. The van der Waals surface area contributed by atoms with Gasteiger partial charge in [0.25, 0.3) is 0 Å². The molecule has 114 valence electrons. The number of rotatable bonds is 5. The van der Waals surface area contributed by atoms with Crippen molar-refractivity contribution in [1.82, 2.24) is 10.2 Å². The van der Waals surface area contributed by atoms with Gasteiger partial charge in [-0.2, -0.15) is 0 Å². The maximum atomic E-state index is 13.7. The molecule has 1 atom stereocenters. The molecule has 3 rings (SSSR count). The second-order valence-corrected chi connectivity index (χ2v) is 6.35. The third kappa shape index (κ3) is 4.03. The summed E-state index contributed by atoms with van der Waals surface area (Å²) in [7, 11) is 0. The molecule has 3 nitrogen and oxygen atoms in total. The largest absolute Gasteiger partial charge is 0.356 e. The van der Waals surface area contributed by atoms with Crippen LogP contribution in [0.3, 0.4) is 0 Å². The van der Waals surface area contributed by atoms with Gasteiger partial charge in [-0.05, 0) is 44.2 Å². The Bertz CT molecular complexity index is 501. The summed E-state index contributed by atoms with van der Waals surface area (Å²) in [5.74, 6) is 0.800. The minimum atomic E-state index is -0.155. The highest BCUT2D eigenvalue weighted by molar-refractivity contribution is 5.79. The first-order valence-electron chi connectivity index (χ1n) is 7.96. The highest BCUT2D eigenvalue weighted by atomic mass is 19.1. The van der Waals surface area contributed by atoms with Crippen molar-refractivity contribution in [2.24, 2.45) is 11.8 Å². The molecule has 1 aromatic rings. The Balaban J connectivity index is 1.52. The number of amides is 1. The third-order valence-electron chi connectivity index (χ3n) is 4.49. The van der Waals surface area contributed by atoms with E-state index in [1.807, 2.05) is 12.1 Å². The number of carbonyl (C=O) groups excluding carboxylic acids is 1. The van der Waals surface area contributed by atoms with E-state index < -0.39 is 0 Å². The summed E-state index contributed by atoms with van der Waals surface area (Å²) >= 11 is 0. The Morgan fingerprint density at radius 2 is 2.10 bits per heavy atom. The lowest BCUT2D eigenvalue weighted by atomic mass is 9.96. The molecule has 1 N–H and O–H groups in total. The molecule has 1 aliphatic heterocycles. The number of carbonyl (C=O) groups is 1. The topological polar surface area (TPSA) is 32.3 Å². The van der Waals surface area contributed by atoms with Gasteiger partial charge < -0.3 is 5.32 Å². The zero-order valence-electron chi connectivity index (χ0n) is 12.4. The molecule has 1 amide bonds. The van der Waals surface area contributed by atoms with Gasteiger partial charge in [0.15, 0.2) is 0 Å². The molecule has 0 bridgehead atoms. The van der Waals surface area contributed by atoms with E-state index in [0.717, 1.165) is 38.0 Å². The first-order valence-corrected chi connectivity index (χ1v) is 7.96. The predicted octanol–water partition coefficient (Wildman–Crippen LogP) is 2.56. The molecule has 1 heterocycles. The van der Waals surface area contributed by atoms with Crippen molar-refractivity contribution in [2.75, 3.05) is 19.6 Å². The van der Waals surface area contributed by atoms with Gasteiger partial charge in [0.1, 0.15) is 5.82 Å². The SMILES string of the molecule is O=C(NCC1CC1)[C@H]1CCCN(Cc2ccccc2F)C1. The normalized spacial score (nSPS) is 23.0. The van der Waals surface area contributed by atoms with Crippen LogP contribution in [-0.4, -0.2) is 30.4 Å². The summed E-state index contributed by atoms with van der Waals surface area (Å²) in [5, 5.41) is 3.07. The van der Waals surface area contributed by atoms with Gasteiger partial charge >= 0.3 is 0 Å². The van der Waals surface area contributed by atoms with Crippen molar-refractivity contribution < 1.29 is 9.18 Å². The Kier molecular flexibility index (Phi) is 4.54. The summed E-state index contributed by atoms with van der Waals surface area (Å²) in [4.78, 5) is 14.4. The van der Waals surface area contributed by atoms with E-state index in [9.17, 15) is 9.18 Å². The van der Waals surface area contributed by atoms with Gasteiger partial charge in [-0.15, -0.1) is 0 Å². The molecule has 0 spiro atoms. The molecular formula is C17H23FN2O. The van der Waals surface area contributed by atoms with Crippen LogP contribution in [0, 0.1) is 17.7 Å². The first-order chi connectivity index (χ1) is 10.2. The summed E-state index contributed by atoms with van der Waals surface area (Å²) in [6.45, 7) is 3.12. The van der Waals surface area contributed by atoms with Crippen LogP contribution in [0.1, 0.15) is 31.2 Å². The number of nitrogens with zero attached hydrogens (tertiary/aromatic N) is 1. The number of piperidine rings is 1. The average Bonchev–Trinajstić information content (AvgIpc) is 3.32. The summed E-state index contributed by atoms with van der Waals surface area (Å²) in [6.07, 6.45) is 4.47. The number of halogens is 1. The molecule has 1 aromatic carbocycles. The van der Waals surface area contributed by atoms with Crippen LogP contribution in [0.25, 0.3) is 0 Å². The quantitative estimate of drug-likeness (QED) is 0.904. The molecular weight excluding hydrogens is 267 g/mol. The van der Waals surface area contributed by atoms with Crippen LogP contribution < -0.4 is 5.32 Å². The molecule has 1 saturated carbocycles. The maximum Gasteiger partial charge on any atom is 0.224 e. The standard InChI is InChI=1S/C17H23FN2O/c18-16-6-2-1-4-14(16)11-20-9-3-5-15(12-20)17(21)19-10-13-7-8-13/h1-2,4,6,13,15H,3,5,7-12H2,(H,19,21)/t15-/m0/s1. The van der Waals surface area contributed by atoms with Gasteiger partial charge in [0.2, 0.25) is 5.91 Å². The smallest absolute Gasteiger partial charge is 0.224 e. The second-order valence-electron chi connectivity index (χ2n) is 6.35. The number of benzene rings is 1.